The van der Waals surface area contributed by atoms with Crippen molar-refractivity contribution in [1.29, 1.82) is 0 Å². The monoisotopic (exact) mass is 380 g/mol. The number of amides is 3. The quantitative estimate of drug-likeness (QED) is 0.711. The summed E-state index contributed by atoms with van der Waals surface area (Å²) in [4.78, 5) is 37.6. The van der Waals surface area contributed by atoms with E-state index in [4.69, 9.17) is 0 Å². The molecule has 146 valence electrons. The Kier molecular flexibility index (Phi) is 6.26. The number of nitrogens with one attached hydrogen (secondary N) is 3. The first kappa shape index (κ1) is 19.4. The molecule has 1 heterocycles. The van der Waals surface area contributed by atoms with E-state index in [0.29, 0.717) is 17.1 Å². The van der Waals surface area contributed by atoms with E-state index in [9.17, 15) is 14.4 Å². The SMILES string of the molecule is CC(=O)Nc1ccc(NC(=O)C(=O)Nc2ccc(N3CCCCC3)cc2)cc1. The number of piperidine rings is 1. The van der Waals surface area contributed by atoms with Crippen LogP contribution in [0.15, 0.2) is 48.5 Å². The van der Waals surface area contributed by atoms with Crippen LogP contribution in [0.4, 0.5) is 22.7 Å². The number of hydrogen-bond acceptors (Lipinski definition) is 4. The molecule has 0 unspecified atom stereocenters. The smallest absolute Gasteiger partial charge is 0.314 e. The minimum atomic E-state index is -0.757. The third-order valence-electron chi connectivity index (χ3n) is 4.52. The zero-order chi connectivity index (χ0) is 19.9. The lowest BCUT2D eigenvalue weighted by molar-refractivity contribution is -0.132. The predicted molar refractivity (Wildman–Crippen MR) is 111 cm³/mol. The Balaban J connectivity index is 1.53. The van der Waals surface area contributed by atoms with Crippen molar-refractivity contribution in [3.63, 3.8) is 0 Å². The Bertz CT molecular complexity index is 841. The highest BCUT2D eigenvalue weighted by Crippen LogP contribution is 2.22. The highest BCUT2D eigenvalue weighted by atomic mass is 16.2. The van der Waals surface area contributed by atoms with Crippen LogP contribution in [-0.2, 0) is 14.4 Å². The fourth-order valence-corrected chi connectivity index (χ4v) is 3.12. The summed E-state index contributed by atoms with van der Waals surface area (Å²) < 4.78 is 0. The van der Waals surface area contributed by atoms with E-state index >= 15 is 0 Å². The van der Waals surface area contributed by atoms with Crippen LogP contribution in [-0.4, -0.2) is 30.8 Å². The number of rotatable bonds is 4. The van der Waals surface area contributed by atoms with Crippen LogP contribution in [0, 0.1) is 0 Å². The van der Waals surface area contributed by atoms with Crippen LogP contribution in [0.25, 0.3) is 0 Å². The zero-order valence-electron chi connectivity index (χ0n) is 15.8. The summed E-state index contributed by atoms with van der Waals surface area (Å²) in [7, 11) is 0. The minimum absolute atomic E-state index is 0.178. The van der Waals surface area contributed by atoms with E-state index < -0.39 is 11.8 Å². The lowest BCUT2D eigenvalue weighted by atomic mass is 10.1. The molecule has 0 aromatic heterocycles. The summed E-state index contributed by atoms with van der Waals surface area (Å²) >= 11 is 0. The third kappa shape index (κ3) is 5.33. The molecule has 7 nitrogen and oxygen atoms in total. The fourth-order valence-electron chi connectivity index (χ4n) is 3.12. The molecule has 0 bridgehead atoms. The number of anilines is 4. The Morgan fingerprint density at radius 3 is 1.57 bits per heavy atom. The minimum Gasteiger partial charge on any atom is -0.372 e. The summed E-state index contributed by atoms with van der Waals surface area (Å²) in [6, 6.07) is 14.0. The topological polar surface area (TPSA) is 90.5 Å². The van der Waals surface area contributed by atoms with Crippen molar-refractivity contribution in [1.82, 2.24) is 0 Å². The normalized spacial score (nSPS) is 13.5. The number of carbonyl (C=O) groups is 3. The molecular weight excluding hydrogens is 356 g/mol. The average Bonchev–Trinajstić information content (AvgIpc) is 2.70. The van der Waals surface area contributed by atoms with Gasteiger partial charge in [0.05, 0.1) is 0 Å². The molecule has 2 aromatic rings. The van der Waals surface area contributed by atoms with Gasteiger partial charge < -0.3 is 20.9 Å². The molecule has 0 atom stereocenters. The van der Waals surface area contributed by atoms with Gasteiger partial charge in [0.15, 0.2) is 0 Å². The maximum Gasteiger partial charge on any atom is 0.314 e. The van der Waals surface area contributed by atoms with E-state index in [1.807, 2.05) is 12.1 Å². The zero-order valence-corrected chi connectivity index (χ0v) is 15.8. The van der Waals surface area contributed by atoms with Gasteiger partial charge in [0.1, 0.15) is 0 Å². The van der Waals surface area contributed by atoms with Crippen molar-refractivity contribution >= 4 is 40.5 Å². The van der Waals surface area contributed by atoms with E-state index in [1.165, 1.54) is 26.2 Å². The summed E-state index contributed by atoms with van der Waals surface area (Å²) in [6.07, 6.45) is 3.67. The molecule has 0 radical (unpaired) electrons. The van der Waals surface area contributed by atoms with Gasteiger partial charge in [0.2, 0.25) is 5.91 Å². The van der Waals surface area contributed by atoms with Crippen molar-refractivity contribution in [3.05, 3.63) is 48.5 Å². The predicted octanol–water partition coefficient (Wildman–Crippen LogP) is 3.21. The molecule has 2 aromatic carbocycles. The van der Waals surface area contributed by atoms with Gasteiger partial charge in [0.25, 0.3) is 0 Å². The third-order valence-corrected chi connectivity index (χ3v) is 4.52. The summed E-state index contributed by atoms with van der Waals surface area (Å²) in [5.74, 6) is -1.67. The first-order valence-electron chi connectivity index (χ1n) is 9.36. The second-order valence-electron chi connectivity index (χ2n) is 6.76. The van der Waals surface area contributed by atoms with Crippen molar-refractivity contribution in [2.75, 3.05) is 33.9 Å². The molecule has 1 aliphatic heterocycles. The second-order valence-corrected chi connectivity index (χ2v) is 6.76. The standard InChI is InChI=1S/C21H24N4O3/c1-15(26)22-16-5-7-17(8-6-16)23-20(27)21(28)24-18-9-11-19(12-10-18)25-13-3-2-4-14-25/h5-12H,2-4,13-14H2,1H3,(H,22,26)(H,23,27)(H,24,28). The van der Waals surface area contributed by atoms with Crippen molar-refractivity contribution < 1.29 is 14.4 Å². The molecule has 7 heteroatoms. The van der Waals surface area contributed by atoms with E-state index in [0.717, 1.165) is 18.8 Å². The van der Waals surface area contributed by atoms with Crippen molar-refractivity contribution in [2.24, 2.45) is 0 Å². The van der Waals surface area contributed by atoms with Crippen LogP contribution < -0.4 is 20.9 Å². The summed E-state index contributed by atoms with van der Waals surface area (Å²) in [5.41, 5.74) is 2.78. The van der Waals surface area contributed by atoms with Gasteiger partial charge in [-0.25, -0.2) is 0 Å². The molecule has 1 fully saturated rings. The van der Waals surface area contributed by atoms with Crippen LogP contribution in [0.3, 0.4) is 0 Å². The Morgan fingerprint density at radius 1 is 0.679 bits per heavy atom. The summed E-state index contributed by atoms with van der Waals surface area (Å²) in [6.45, 7) is 3.52. The Labute approximate surface area is 164 Å². The second kappa shape index (κ2) is 9.03. The fraction of sp³-hybridized carbons (Fsp3) is 0.286. The Morgan fingerprint density at radius 2 is 1.11 bits per heavy atom. The molecule has 0 spiro atoms. The highest BCUT2D eigenvalue weighted by Gasteiger charge is 2.15. The molecule has 3 rings (SSSR count). The van der Waals surface area contributed by atoms with Gasteiger partial charge in [-0.2, -0.15) is 0 Å². The van der Waals surface area contributed by atoms with E-state index in [1.54, 1.807) is 36.4 Å². The van der Waals surface area contributed by atoms with Gasteiger partial charge in [-0.1, -0.05) is 0 Å². The molecule has 3 N–H and O–H groups in total. The largest absolute Gasteiger partial charge is 0.372 e. The molecule has 0 aliphatic carbocycles. The molecule has 1 saturated heterocycles. The number of hydrogen-bond donors (Lipinski definition) is 3. The van der Waals surface area contributed by atoms with Gasteiger partial charge in [-0.3, -0.25) is 14.4 Å². The molecule has 0 saturated carbocycles. The van der Waals surface area contributed by atoms with Crippen molar-refractivity contribution in [2.45, 2.75) is 26.2 Å². The van der Waals surface area contributed by atoms with E-state index in [2.05, 4.69) is 20.9 Å². The first-order valence-corrected chi connectivity index (χ1v) is 9.36. The number of nitrogens with zero attached hydrogens (tertiary/aromatic N) is 1. The average molecular weight is 380 g/mol. The van der Waals surface area contributed by atoms with Gasteiger partial charge in [0, 0.05) is 42.8 Å². The van der Waals surface area contributed by atoms with E-state index in [-0.39, 0.29) is 5.91 Å². The molecular formula is C21H24N4O3. The maximum atomic E-state index is 12.1. The van der Waals surface area contributed by atoms with Gasteiger partial charge in [-0.15, -0.1) is 0 Å². The number of carbonyl (C=O) groups excluding carboxylic acids is 3. The van der Waals surface area contributed by atoms with Crippen LogP contribution in [0.2, 0.25) is 0 Å². The lowest BCUT2D eigenvalue weighted by Gasteiger charge is -2.28. The molecule has 28 heavy (non-hydrogen) atoms. The van der Waals surface area contributed by atoms with Gasteiger partial charge in [-0.05, 0) is 67.8 Å². The molecule has 1 aliphatic rings. The lowest BCUT2D eigenvalue weighted by Crippen LogP contribution is -2.30. The maximum absolute atomic E-state index is 12.1. The molecule has 3 amide bonds. The highest BCUT2D eigenvalue weighted by molar-refractivity contribution is 6.43. The van der Waals surface area contributed by atoms with Crippen LogP contribution in [0.1, 0.15) is 26.2 Å². The first-order chi connectivity index (χ1) is 13.5. The summed E-state index contributed by atoms with van der Waals surface area (Å²) in [5, 5.41) is 7.77. The number of benzene rings is 2. The van der Waals surface area contributed by atoms with Gasteiger partial charge >= 0.3 is 11.8 Å². The Hall–Kier alpha value is -3.35. The van der Waals surface area contributed by atoms with Crippen molar-refractivity contribution in [3.8, 4) is 0 Å². The van der Waals surface area contributed by atoms with Crippen LogP contribution in [0.5, 0.6) is 0 Å². The van der Waals surface area contributed by atoms with Crippen LogP contribution >= 0.6 is 0 Å².